The highest BCUT2D eigenvalue weighted by molar-refractivity contribution is 6.18. The van der Waals surface area contributed by atoms with Gasteiger partial charge in [0.25, 0.3) is 0 Å². The zero-order valence-corrected chi connectivity index (χ0v) is 16.2. The lowest BCUT2D eigenvalue weighted by molar-refractivity contribution is -0.131. The maximum atomic E-state index is 12.0. The highest BCUT2D eigenvalue weighted by Gasteiger charge is 2.24. The average Bonchev–Trinajstić information content (AvgIpc) is 3.18. The Balaban J connectivity index is 1.60. The molecule has 0 bridgehead atoms. The fourth-order valence-corrected chi connectivity index (χ4v) is 3.45. The van der Waals surface area contributed by atoms with Crippen LogP contribution in [0.1, 0.15) is 6.42 Å². The summed E-state index contributed by atoms with van der Waals surface area (Å²) in [6, 6.07) is 7.55. The lowest BCUT2D eigenvalue weighted by Gasteiger charge is -2.35. The van der Waals surface area contributed by atoms with Crippen molar-refractivity contribution in [3.63, 3.8) is 0 Å². The van der Waals surface area contributed by atoms with Crippen LogP contribution in [0.3, 0.4) is 0 Å². The van der Waals surface area contributed by atoms with Crippen LogP contribution in [-0.2, 0) is 4.79 Å². The lowest BCUT2D eigenvalue weighted by Crippen LogP contribution is -2.49. The Labute approximate surface area is 166 Å². The van der Waals surface area contributed by atoms with Gasteiger partial charge in [0.1, 0.15) is 12.1 Å². The van der Waals surface area contributed by atoms with Gasteiger partial charge in [-0.2, -0.15) is 4.68 Å². The molecule has 28 heavy (non-hydrogen) atoms. The Morgan fingerprint density at radius 2 is 2.04 bits per heavy atom. The summed E-state index contributed by atoms with van der Waals surface area (Å²) < 4.78 is 6.96. The molecule has 2 aromatic heterocycles. The molecule has 0 saturated carbocycles. The van der Waals surface area contributed by atoms with Crippen LogP contribution in [0.4, 0.5) is 5.82 Å². The van der Waals surface area contributed by atoms with E-state index in [0.29, 0.717) is 49.6 Å². The fourth-order valence-electron chi connectivity index (χ4n) is 3.29. The van der Waals surface area contributed by atoms with E-state index >= 15 is 0 Å². The monoisotopic (exact) mass is 401 g/mol. The van der Waals surface area contributed by atoms with Gasteiger partial charge in [0, 0.05) is 44.5 Å². The lowest BCUT2D eigenvalue weighted by atomic mass is 10.2. The summed E-state index contributed by atoms with van der Waals surface area (Å²) in [6.45, 7) is 2.61. The number of amides is 1. The van der Waals surface area contributed by atoms with Crippen molar-refractivity contribution in [2.75, 3.05) is 44.1 Å². The van der Waals surface area contributed by atoms with E-state index in [4.69, 9.17) is 16.3 Å². The van der Waals surface area contributed by atoms with Crippen molar-refractivity contribution in [3.05, 3.63) is 30.6 Å². The molecule has 0 spiro atoms. The van der Waals surface area contributed by atoms with Crippen LogP contribution < -0.4 is 9.64 Å². The maximum Gasteiger partial charge on any atom is 0.223 e. The molecule has 0 radical (unpaired) electrons. The molecular weight excluding hydrogens is 382 g/mol. The second-order valence-corrected chi connectivity index (χ2v) is 6.76. The summed E-state index contributed by atoms with van der Waals surface area (Å²) >= 11 is 5.68. The summed E-state index contributed by atoms with van der Waals surface area (Å²) in [7, 11) is 1.62. The minimum Gasteiger partial charge on any atom is -0.497 e. The number of hydrogen-bond donors (Lipinski definition) is 0. The molecule has 0 atom stereocenters. The number of aromatic nitrogens is 5. The molecule has 1 fully saturated rings. The van der Waals surface area contributed by atoms with Crippen LogP contribution in [-0.4, -0.2) is 74.9 Å². The van der Waals surface area contributed by atoms with Crippen molar-refractivity contribution in [1.82, 2.24) is 29.9 Å². The van der Waals surface area contributed by atoms with Gasteiger partial charge in [-0.15, -0.1) is 16.7 Å². The van der Waals surface area contributed by atoms with Gasteiger partial charge in [0.2, 0.25) is 5.91 Å². The standard InChI is InChI=1S/C18H20ClN7O2/c1-28-14-4-2-3-13(11-14)26-18-16(22-23-26)17(20-12-21-18)25-9-7-24(8-10-25)15(27)5-6-19/h2-4,11-12H,5-10H2,1H3. The third-order valence-corrected chi connectivity index (χ3v) is 4.95. The normalized spacial score (nSPS) is 14.5. The van der Waals surface area contributed by atoms with Gasteiger partial charge in [-0.05, 0) is 12.1 Å². The quantitative estimate of drug-likeness (QED) is 0.598. The molecule has 10 heteroatoms. The predicted molar refractivity (Wildman–Crippen MR) is 105 cm³/mol. The van der Waals surface area contributed by atoms with Crippen molar-refractivity contribution in [2.24, 2.45) is 0 Å². The van der Waals surface area contributed by atoms with Gasteiger partial charge in [0.05, 0.1) is 12.8 Å². The first-order valence-electron chi connectivity index (χ1n) is 9.01. The van der Waals surface area contributed by atoms with Crippen molar-refractivity contribution in [1.29, 1.82) is 0 Å². The van der Waals surface area contributed by atoms with E-state index in [0.717, 1.165) is 17.3 Å². The first-order chi connectivity index (χ1) is 13.7. The van der Waals surface area contributed by atoms with Gasteiger partial charge in [-0.1, -0.05) is 11.3 Å². The van der Waals surface area contributed by atoms with Gasteiger partial charge in [-0.25, -0.2) is 9.97 Å². The Morgan fingerprint density at radius 1 is 1.21 bits per heavy atom. The largest absolute Gasteiger partial charge is 0.497 e. The molecule has 0 unspecified atom stereocenters. The molecule has 1 saturated heterocycles. The molecule has 1 aliphatic rings. The number of methoxy groups -OCH3 is 1. The molecule has 3 heterocycles. The Bertz CT molecular complexity index is 985. The second kappa shape index (κ2) is 7.97. The molecule has 0 aliphatic carbocycles. The first-order valence-corrected chi connectivity index (χ1v) is 9.54. The summed E-state index contributed by atoms with van der Waals surface area (Å²) in [5.41, 5.74) is 2.06. The molecule has 1 aromatic carbocycles. The van der Waals surface area contributed by atoms with Crippen LogP contribution in [0.2, 0.25) is 0 Å². The molecule has 146 valence electrons. The minimum atomic E-state index is 0.0893. The molecule has 1 amide bonds. The summed E-state index contributed by atoms with van der Waals surface area (Å²) in [5.74, 6) is 1.89. The van der Waals surface area contributed by atoms with Crippen LogP contribution in [0.25, 0.3) is 16.9 Å². The number of fused-ring (bicyclic) bond motifs is 1. The molecule has 1 aliphatic heterocycles. The van der Waals surface area contributed by atoms with Gasteiger partial charge in [-0.3, -0.25) is 4.79 Å². The van der Waals surface area contributed by atoms with Gasteiger partial charge in [0.15, 0.2) is 17.0 Å². The number of carbonyl (C=O) groups is 1. The topological polar surface area (TPSA) is 89.3 Å². The number of halogens is 1. The zero-order chi connectivity index (χ0) is 19.5. The van der Waals surface area contributed by atoms with Crippen molar-refractivity contribution in [2.45, 2.75) is 6.42 Å². The predicted octanol–water partition coefficient (Wildman–Crippen LogP) is 1.50. The number of benzene rings is 1. The second-order valence-electron chi connectivity index (χ2n) is 6.38. The third-order valence-electron chi connectivity index (χ3n) is 4.76. The van der Waals surface area contributed by atoms with Crippen molar-refractivity contribution in [3.8, 4) is 11.4 Å². The number of nitrogens with zero attached hydrogens (tertiary/aromatic N) is 7. The van der Waals surface area contributed by atoms with E-state index in [-0.39, 0.29) is 5.91 Å². The summed E-state index contributed by atoms with van der Waals surface area (Å²) in [4.78, 5) is 24.8. The maximum absolute atomic E-state index is 12.0. The SMILES string of the molecule is COc1cccc(-n2nnc3c(N4CCN(C(=O)CCCl)CC4)ncnc32)c1. The summed E-state index contributed by atoms with van der Waals surface area (Å²) in [5, 5.41) is 8.58. The van der Waals surface area contributed by atoms with Crippen LogP contribution >= 0.6 is 11.6 Å². The fraction of sp³-hybridized carbons (Fsp3) is 0.389. The number of anilines is 1. The summed E-state index contributed by atoms with van der Waals surface area (Å²) in [6.07, 6.45) is 1.89. The number of hydrogen-bond acceptors (Lipinski definition) is 7. The smallest absolute Gasteiger partial charge is 0.223 e. The number of ether oxygens (including phenoxy) is 1. The average molecular weight is 402 g/mol. The highest BCUT2D eigenvalue weighted by atomic mass is 35.5. The number of carbonyl (C=O) groups excluding carboxylic acids is 1. The third kappa shape index (κ3) is 3.45. The van der Waals surface area contributed by atoms with Crippen molar-refractivity contribution >= 4 is 34.5 Å². The molecule has 4 rings (SSSR count). The van der Waals surface area contributed by atoms with Crippen molar-refractivity contribution < 1.29 is 9.53 Å². The molecule has 0 N–H and O–H groups in total. The van der Waals surface area contributed by atoms with E-state index in [1.807, 2.05) is 29.2 Å². The zero-order valence-electron chi connectivity index (χ0n) is 15.5. The van der Waals surface area contributed by atoms with E-state index in [1.54, 1.807) is 11.8 Å². The Morgan fingerprint density at radius 3 is 2.79 bits per heavy atom. The van der Waals surface area contributed by atoms with Crippen LogP contribution in [0.15, 0.2) is 30.6 Å². The first kappa shape index (κ1) is 18.4. The highest BCUT2D eigenvalue weighted by Crippen LogP contribution is 2.25. The van der Waals surface area contributed by atoms with Gasteiger partial charge < -0.3 is 14.5 Å². The minimum absolute atomic E-state index is 0.0893. The Kier molecular flexibility index (Phi) is 5.25. The van der Waals surface area contributed by atoms with Crippen LogP contribution in [0, 0.1) is 0 Å². The van der Waals surface area contributed by atoms with Crippen LogP contribution in [0.5, 0.6) is 5.75 Å². The molecule has 3 aromatic rings. The van der Waals surface area contributed by atoms with E-state index in [9.17, 15) is 4.79 Å². The molecule has 9 nitrogen and oxygen atoms in total. The van der Waals surface area contributed by atoms with E-state index < -0.39 is 0 Å². The number of alkyl halides is 1. The molecular formula is C18H20ClN7O2. The van der Waals surface area contributed by atoms with E-state index in [2.05, 4.69) is 25.2 Å². The number of rotatable bonds is 5. The number of piperazine rings is 1. The van der Waals surface area contributed by atoms with E-state index in [1.165, 1.54) is 6.33 Å². The van der Waals surface area contributed by atoms with Gasteiger partial charge >= 0.3 is 0 Å². The Hall–Kier alpha value is -2.94.